The molecule has 0 aromatic heterocycles. The predicted molar refractivity (Wildman–Crippen MR) is 122 cm³/mol. The maximum absolute atomic E-state index is 13.3. The first-order valence-electron chi connectivity index (χ1n) is 10.4. The Morgan fingerprint density at radius 3 is 2.19 bits per heavy atom. The summed E-state index contributed by atoms with van der Waals surface area (Å²) in [5.74, 6) is 0.147. The van der Waals surface area contributed by atoms with Gasteiger partial charge in [0, 0.05) is 11.1 Å². The number of aliphatic hydroxyl groups is 1. The Balaban J connectivity index is 2.18. The van der Waals surface area contributed by atoms with Crippen LogP contribution in [-0.4, -0.2) is 37.6 Å². The molecule has 170 valence electrons. The molecule has 3 rings (SSSR count). The van der Waals surface area contributed by atoms with E-state index in [9.17, 15) is 14.7 Å². The van der Waals surface area contributed by atoms with Gasteiger partial charge in [-0.3, -0.25) is 14.5 Å². The Kier molecular flexibility index (Phi) is 6.48. The largest absolute Gasteiger partial charge is 0.503 e. The third-order valence-corrected chi connectivity index (χ3v) is 5.28. The van der Waals surface area contributed by atoms with Crippen LogP contribution in [0.3, 0.4) is 0 Å². The van der Waals surface area contributed by atoms with Crippen molar-refractivity contribution < 1.29 is 28.9 Å². The quantitative estimate of drug-likeness (QED) is 0.678. The van der Waals surface area contributed by atoms with Gasteiger partial charge in [0.25, 0.3) is 5.91 Å². The SMILES string of the molecule is CCOc1ccc(N2C(=O)C(O)=C(C(=O)C(C)(C)C)C2c2ccc(OC)c(OC)c2)cc1. The van der Waals surface area contributed by atoms with Crippen molar-refractivity contribution in [2.24, 2.45) is 5.41 Å². The minimum atomic E-state index is -0.827. The average Bonchev–Trinajstić information content (AvgIpc) is 3.03. The molecule has 0 fully saturated rings. The highest BCUT2D eigenvalue weighted by Gasteiger charge is 2.46. The molecule has 0 aliphatic carbocycles. The lowest BCUT2D eigenvalue weighted by molar-refractivity contribution is -0.123. The first kappa shape index (κ1) is 23.2. The molecule has 7 heteroatoms. The van der Waals surface area contributed by atoms with E-state index >= 15 is 0 Å². The van der Waals surface area contributed by atoms with Crippen molar-refractivity contribution >= 4 is 17.4 Å². The van der Waals surface area contributed by atoms with Crippen molar-refractivity contribution in [3.63, 3.8) is 0 Å². The predicted octanol–water partition coefficient (Wildman–Crippen LogP) is 4.62. The van der Waals surface area contributed by atoms with Crippen molar-refractivity contribution in [1.82, 2.24) is 0 Å². The summed E-state index contributed by atoms with van der Waals surface area (Å²) >= 11 is 0. The third-order valence-electron chi connectivity index (χ3n) is 5.28. The van der Waals surface area contributed by atoms with Gasteiger partial charge in [-0.05, 0) is 48.9 Å². The number of hydrogen-bond acceptors (Lipinski definition) is 6. The molecule has 0 radical (unpaired) electrons. The Hall–Kier alpha value is -3.48. The van der Waals surface area contributed by atoms with Gasteiger partial charge in [0.2, 0.25) is 0 Å². The standard InChI is InChI=1S/C25H29NO6/c1-7-32-17-11-9-16(10-12-17)26-21(15-8-13-18(30-5)19(14-15)31-6)20(22(27)24(26)29)23(28)25(2,3)4/h8-14,21,27H,7H2,1-6H3. The van der Waals surface area contributed by atoms with Crippen molar-refractivity contribution in [2.45, 2.75) is 33.7 Å². The average molecular weight is 440 g/mol. The topological polar surface area (TPSA) is 85.3 Å². The molecule has 0 saturated heterocycles. The van der Waals surface area contributed by atoms with Crippen LogP contribution in [0.15, 0.2) is 53.8 Å². The number of rotatable bonds is 7. The first-order chi connectivity index (χ1) is 15.1. The van der Waals surface area contributed by atoms with Gasteiger partial charge in [0.15, 0.2) is 23.0 Å². The van der Waals surface area contributed by atoms with Gasteiger partial charge >= 0.3 is 0 Å². The number of methoxy groups -OCH3 is 2. The normalized spacial score (nSPS) is 16.4. The number of ether oxygens (including phenoxy) is 3. The molecular formula is C25H29NO6. The maximum Gasteiger partial charge on any atom is 0.294 e. The van der Waals surface area contributed by atoms with Gasteiger partial charge in [-0.1, -0.05) is 26.8 Å². The van der Waals surface area contributed by atoms with Crippen molar-refractivity contribution in [2.75, 3.05) is 25.7 Å². The molecule has 1 unspecified atom stereocenters. The number of anilines is 1. The molecule has 1 N–H and O–H groups in total. The number of carbonyl (C=O) groups is 2. The molecular weight excluding hydrogens is 410 g/mol. The van der Waals surface area contributed by atoms with E-state index in [-0.39, 0.29) is 11.4 Å². The second-order valence-electron chi connectivity index (χ2n) is 8.46. The highest BCUT2D eigenvalue weighted by molar-refractivity contribution is 6.17. The van der Waals surface area contributed by atoms with Crippen LogP contribution in [0.2, 0.25) is 0 Å². The molecule has 1 aliphatic rings. The lowest BCUT2D eigenvalue weighted by atomic mass is 9.82. The zero-order valence-corrected chi connectivity index (χ0v) is 19.3. The molecule has 2 aromatic carbocycles. The molecule has 32 heavy (non-hydrogen) atoms. The van der Waals surface area contributed by atoms with Crippen LogP contribution < -0.4 is 19.1 Å². The summed E-state index contributed by atoms with van der Waals surface area (Å²) in [6.07, 6.45) is 0. The van der Waals surface area contributed by atoms with E-state index < -0.39 is 23.1 Å². The summed E-state index contributed by atoms with van der Waals surface area (Å²) in [6.45, 7) is 7.67. The van der Waals surface area contributed by atoms with E-state index in [0.717, 1.165) is 0 Å². The number of benzene rings is 2. The number of carbonyl (C=O) groups excluding carboxylic acids is 2. The summed E-state index contributed by atoms with van der Waals surface area (Å²) < 4.78 is 16.2. The van der Waals surface area contributed by atoms with Crippen LogP contribution in [0.5, 0.6) is 17.2 Å². The minimum Gasteiger partial charge on any atom is -0.503 e. The van der Waals surface area contributed by atoms with Crippen LogP contribution in [0.1, 0.15) is 39.3 Å². The van der Waals surface area contributed by atoms with E-state index in [4.69, 9.17) is 14.2 Å². The molecule has 1 atom stereocenters. The molecule has 2 aromatic rings. The van der Waals surface area contributed by atoms with Crippen LogP contribution in [0.25, 0.3) is 0 Å². The van der Waals surface area contributed by atoms with Gasteiger partial charge in [-0.25, -0.2) is 0 Å². The van der Waals surface area contributed by atoms with Crippen LogP contribution >= 0.6 is 0 Å². The van der Waals surface area contributed by atoms with E-state index in [0.29, 0.717) is 35.1 Å². The lowest BCUT2D eigenvalue weighted by Crippen LogP contribution is -2.32. The molecule has 1 heterocycles. The summed E-state index contributed by atoms with van der Waals surface area (Å²) in [6, 6.07) is 11.3. The highest BCUT2D eigenvalue weighted by Crippen LogP contribution is 2.45. The minimum absolute atomic E-state index is 0.0589. The summed E-state index contributed by atoms with van der Waals surface area (Å²) in [5.41, 5.74) is 0.402. The summed E-state index contributed by atoms with van der Waals surface area (Å²) in [7, 11) is 3.04. The fourth-order valence-corrected chi connectivity index (χ4v) is 3.72. The number of hydrogen-bond donors (Lipinski definition) is 1. The molecule has 1 aliphatic heterocycles. The van der Waals surface area contributed by atoms with E-state index in [1.54, 1.807) is 63.2 Å². The van der Waals surface area contributed by atoms with E-state index in [1.807, 2.05) is 6.92 Å². The fraction of sp³-hybridized carbons (Fsp3) is 0.360. The number of amides is 1. The summed E-state index contributed by atoms with van der Waals surface area (Å²) in [5, 5.41) is 10.8. The second kappa shape index (κ2) is 8.94. The zero-order chi connectivity index (χ0) is 23.6. The van der Waals surface area contributed by atoms with Crippen LogP contribution in [0, 0.1) is 5.41 Å². The monoisotopic (exact) mass is 439 g/mol. The highest BCUT2D eigenvalue weighted by atomic mass is 16.5. The molecule has 0 bridgehead atoms. The van der Waals surface area contributed by atoms with E-state index in [2.05, 4.69) is 0 Å². The number of aliphatic hydroxyl groups excluding tert-OH is 1. The van der Waals surface area contributed by atoms with Crippen molar-refractivity contribution in [3.05, 3.63) is 59.4 Å². The number of nitrogens with zero attached hydrogens (tertiary/aromatic N) is 1. The van der Waals surface area contributed by atoms with Gasteiger partial charge in [-0.15, -0.1) is 0 Å². The Morgan fingerprint density at radius 2 is 1.66 bits per heavy atom. The van der Waals surface area contributed by atoms with Gasteiger partial charge in [0.1, 0.15) is 5.75 Å². The van der Waals surface area contributed by atoms with Crippen molar-refractivity contribution in [1.29, 1.82) is 0 Å². The van der Waals surface area contributed by atoms with Crippen molar-refractivity contribution in [3.8, 4) is 17.2 Å². The van der Waals surface area contributed by atoms with Gasteiger partial charge < -0.3 is 19.3 Å². The molecule has 0 saturated carbocycles. The smallest absolute Gasteiger partial charge is 0.294 e. The maximum atomic E-state index is 13.3. The fourth-order valence-electron chi connectivity index (χ4n) is 3.72. The Bertz CT molecular complexity index is 1050. The summed E-state index contributed by atoms with van der Waals surface area (Å²) in [4.78, 5) is 27.9. The Morgan fingerprint density at radius 1 is 1.03 bits per heavy atom. The number of Topliss-reactive ketones (excluding diaryl/α,β-unsaturated/α-hetero) is 1. The lowest BCUT2D eigenvalue weighted by Gasteiger charge is -2.29. The van der Waals surface area contributed by atoms with Gasteiger partial charge in [0.05, 0.1) is 32.4 Å². The molecule has 1 amide bonds. The second-order valence-corrected chi connectivity index (χ2v) is 8.46. The van der Waals surface area contributed by atoms with Crippen LogP contribution in [0.4, 0.5) is 5.69 Å². The zero-order valence-electron chi connectivity index (χ0n) is 19.3. The molecule has 7 nitrogen and oxygen atoms in total. The molecule has 0 spiro atoms. The first-order valence-corrected chi connectivity index (χ1v) is 10.4. The van der Waals surface area contributed by atoms with E-state index in [1.165, 1.54) is 19.1 Å². The van der Waals surface area contributed by atoms with Gasteiger partial charge in [-0.2, -0.15) is 0 Å². The van der Waals surface area contributed by atoms with Crippen LogP contribution in [-0.2, 0) is 9.59 Å². The Labute approximate surface area is 188 Å². The number of ketones is 1. The third kappa shape index (κ3) is 4.15.